The number of aromatic nitrogens is 1. The van der Waals surface area contributed by atoms with Crippen molar-refractivity contribution in [3.63, 3.8) is 0 Å². The number of benzene rings is 2. The molecule has 0 spiro atoms. The minimum Gasteiger partial charge on any atom is -0.490 e. The molecule has 0 saturated carbocycles. The second-order valence-corrected chi connectivity index (χ2v) is 5.73. The van der Waals surface area contributed by atoms with Crippen LogP contribution in [0.1, 0.15) is 5.76 Å². The van der Waals surface area contributed by atoms with E-state index in [0.717, 1.165) is 17.1 Å². The molecule has 2 aromatic carbocycles. The maximum Gasteiger partial charge on any atom is 0.324 e. The van der Waals surface area contributed by atoms with Crippen LogP contribution in [0.25, 0.3) is 0 Å². The molecule has 0 saturated heterocycles. The monoisotopic (exact) mass is 364 g/mol. The molecule has 1 heterocycles. The maximum absolute atomic E-state index is 11.9. The van der Waals surface area contributed by atoms with E-state index >= 15 is 0 Å². The Labute approximate surface area is 157 Å². The van der Waals surface area contributed by atoms with Gasteiger partial charge in [0, 0.05) is 23.1 Å². The van der Waals surface area contributed by atoms with Gasteiger partial charge in [-0.3, -0.25) is 5.32 Å². The standard InChI is InChI=1S/C20H20N4O3/c1-3-12-26-18-10-8-16(9-11-18)21-15-4-6-17(7-5-15)22-20(25)23-19-13-14(2)27-24-19/h3-11,13,21H,1,12H2,2H3,(H2,22,23,24,25). The van der Waals surface area contributed by atoms with Crippen LogP contribution in [0.15, 0.2) is 71.8 Å². The molecule has 1 aromatic heterocycles. The van der Waals surface area contributed by atoms with Gasteiger partial charge in [0.2, 0.25) is 0 Å². The SMILES string of the molecule is C=CCOc1ccc(Nc2ccc(NC(=O)Nc3cc(C)on3)cc2)cc1. The van der Waals surface area contributed by atoms with Crippen LogP contribution in [-0.4, -0.2) is 17.8 Å². The molecule has 7 heteroatoms. The maximum atomic E-state index is 11.9. The van der Waals surface area contributed by atoms with Crippen LogP contribution in [-0.2, 0) is 0 Å². The highest BCUT2D eigenvalue weighted by Gasteiger charge is 2.06. The molecule has 0 aliphatic rings. The minimum atomic E-state index is -0.390. The molecule has 3 aromatic rings. The summed E-state index contributed by atoms with van der Waals surface area (Å²) < 4.78 is 10.4. The number of rotatable bonds is 7. The van der Waals surface area contributed by atoms with Crippen LogP contribution in [0.2, 0.25) is 0 Å². The van der Waals surface area contributed by atoms with Crippen LogP contribution >= 0.6 is 0 Å². The molecular weight excluding hydrogens is 344 g/mol. The molecule has 0 bridgehead atoms. The van der Waals surface area contributed by atoms with E-state index in [0.29, 0.717) is 23.9 Å². The minimum absolute atomic E-state index is 0.365. The van der Waals surface area contributed by atoms with E-state index in [1.54, 1.807) is 31.2 Å². The largest absolute Gasteiger partial charge is 0.490 e. The number of nitrogens with zero attached hydrogens (tertiary/aromatic N) is 1. The summed E-state index contributed by atoms with van der Waals surface area (Å²) in [6.45, 7) is 5.85. The summed E-state index contributed by atoms with van der Waals surface area (Å²) in [5, 5.41) is 12.3. The van der Waals surface area contributed by atoms with E-state index in [9.17, 15) is 4.79 Å². The zero-order chi connectivity index (χ0) is 19.1. The first-order valence-corrected chi connectivity index (χ1v) is 8.34. The molecule has 3 N–H and O–H groups in total. The molecule has 0 atom stereocenters. The zero-order valence-electron chi connectivity index (χ0n) is 14.9. The van der Waals surface area contributed by atoms with Crippen molar-refractivity contribution in [2.45, 2.75) is 6.92 Å². The summed E-state index contributed by atoms with van der Waals surface area (Å²) in [6.07, 6.45) is 1.70. The number of amides is 2. The number of hydrogen-bond donors (Lipinski definition) is 3. The topological polar surface area (TPSA) is 88.4 Å². The van der Waals surface area contributed by atoms with Gasteiger partial charge >= 0.3 is 6.03 Å². The summed E-state index contributed by atoms with van der Waals surface area (Å²) in [7, 11) is 0. The first-order valence-electron chi connectivity index (χ1n) is 8.34. The molecule has 138 valence electrons. The highest BCUT2D eigenvalue weighted by Crippen LogP contribution is 2.21. The predicted molar refractivity (Wildman–Crippen MR) is 106 cm³/mol. The summed E-state index contributed by atoms with van der Waals surface area (Å²) in [5.74, 6) is 1.78. The van der Waals surface area contributed by atoms with Gasteiger partial charge < -0.3 is 19.9 Å². The lowest BCUT2D eigenvalue weighted by atomic mass is 10.2. The summed E-state index contributed by atoms with van der Waals surface area (Å²) in [4.78, 5) is 11.9. The summed E-state index contributed by atoms with van der Waals surface area (Å²) >= 11 is 0. The Bertz CT molecular complexity index is 902. The third-order valence-corrected chi connectivity index (χ3v) is 3.52. The van der Waals surface area contributed by atoms with Crippen molar-refractivity contribution in [2.24, 2.45) is 0 Å². The van der Waals surface area contributed by atoms with Gasteiger partial charge in [-0.05, 0) is 55.5 Å². The number of carbonyl (C=O) groups is 1. The van der Waals surface area contributed by atoms with Gasteiger partial charge in [0.1, 0.15) is 18.1 Å². The fourth-order valence-corrected chi connectivity index (χ4v) is 2.30. The van der Waals surface area contributed by atoms with Crippen molar-refractivity contribution in [1.82, 2.24) is 5.16 Å². The summed E-state index contributed by atoms with van der Waals surface area (Å²) in [5.41, 5.74) is 2.49. The third kappa shape index (κ3) is 5.37. The number of anilines is 4. The zero-order valence-corrected chi connectivity index (χ0v) is 14.9. The Morgan fingerprint density at radius 1 is 1.07 bits per heavy atom. The molecule has 0 fully saturated rings. The highest BCUT2D eigenvalue weighted by molar-refractivity contribution is 5.99. The van der Waals surface area contributed by atoms with Crippen LogP contribution in [0.5, 0.6) is 5.75 Å². The van der Waals surface area contributed by atoms with Crippen LogP contribution in [0.4, 0.5) is 27.7 Å². The Kier molecular flexibility index (Phi) is 5.73. The number of hydrogen-bond acceptors (Lipinski definition) is 5. The van der Waals surface area contributed by atoms with E-state index in [-0.39, 0.29) is 6.03 Å². The van der Waals surface area contributed by atoms with Gasteiger partial charge in [-0.15, -0.1) is 0 Å². The van der Waals surface area contributed by atoms with E-state index in [2.05, 4.69) is 27.7 Å². The van der Waals surface area contributed by atoms with E-state index in [1.807, 2.05) is 36.4 Å². The van der Waals surface area contributed by atoms with Crippen LogP contribution in [0, 0.1) is 6.92 Å². The number of urea groups is 1. The van der Waals surface area contributed by atoms with E-state index < -0.39 is 0 Å². The number of carbonyl (C=O) groups excluding carboxylic acids is 1. The molecular formula is C20H20N4O3. The van der Waals surface area contributed by atoms with Crippen LogP contribution < -0.4 is 20.7 Å². The molecule has 0 aliphatic heterocycles. The fraction of sp³-hybridized carbons (Fsp3) is 0.100. The lowest BCUT2D eigenvalue weighted by Gasteiger charge is -2.10. The fourth-order valence-electron chi connectivity index (χ4n) is 2.30. The van der Waals surface area contributed by atoms with Crippen molar-refractivity contribution in [3.05, 3.63) is 73.0 Å². The normalized spacial score (nSPS) is 10.1. The Morgan fingerprint density at radius 3 is 2.30 bits per heavy atom. The molecule has 3 rings (SSSR count). The number of nitrogens with one attached hydrogen (secondary N) is 3. The van der Waals surface area contributed by atoms with Gasteiger partial charge in [0.25, 0.3) is 0 Å². The van der Waals surface area contributed by atoms with Gasteiger partial charge in [0.15, 0.2) is 5.82 Å². The highest BCUT2D eigenvalue weighted by atomic mass is 16.5. The van der Waals surface area contributed by atoms with Gasteiger partial charge in [-0.2, -0.15) is 0 Å². The number of aryl methyl sites for hydroxylation is 1. The predicted octanol–water partition coefficient (Wildman–Crippen LogP) is 4.94. The molecule has 27 heavy (non-hydrogen) atoms. The Morgan fingerprint density at radius 2 is 1.70 bits per heavy atom. The van der Waals surface area contributed by atoms with Gasteiger partial charge in [-0.25, -0.2) is 4.79 Å². The Balaban J connectivity index is 1.53. The molecule has 2 amide bonds. The van der Waals surface area contributed by atoms with E-state index in [4.69, 9.17) is 9.26 Å². The van der Waals surface area contributed by atoms with Gasteiger partial charge in [-0.1, -0.05) is 17.8 Å². The first-order chi connectivity index (χ1) is 13.1. The van der Waals surface area contributed by atoms with E-state index in [1.165, 1.54) is 0 Å². The van der Waals surface area contributed by atoms with Gasteiger partial charge in [0.05, 0.1) is 0 Å². The average molecular weight is 364 g/mol. The molecule has 7 nitrogen and oxygen atoms in total. The average Bonchev–Trinajstić information content (AvgIpc) is 3.07. The lowest BCUT2D eigenvalue weighted by Crippen LogP contribution is -2.19. The quantitative estimate of drug-likeness (QED) is 0.517. The smallest absolute Gasteiger partial charge is 0.324 e. The van der Waals surface area contributed by atoms with Crippen LogP contribution in [0.3, 0.4) is 0 Å². The molecule has 0 aliphatic carbocycles. The first kappa shape index (κ1) is 18.1. The number of ether oxygens (including phenoxy) is 1. The summed E-state index contributed by atoms with van der Waals surface area (Å²) in [6, 6.07) is 16.2. The molecule has 0 radical (unpaired) electrons. The second kappa shape index (κ2) is 8.57. The van der Waals surface area contributed by atoms with Crippen molar-refractivity contribution in [1.29, 1.82) is 0 Å². The van der Waals surface area contributed by atoms with Crippen molar-refractivity contribution >= 4 is 28.9 Å². The second-order valence-electron chi connectivity index (χ2n) is 5.73. The van der Waals surface area contributed by atoms with Crippen molar-refractivity contribution in [3.8, 4) is 5.75 Å². The third-order valence-electron chi connectivity index (χ3n) is 3.52. The Hall–Kier alpha value is -3.74. The molecule has 0 unspecified atom stereocenters. The van der Waals surface area contributed by atoms with Crippen molar-refractivity contribution in [2.75, 3.05) is 22.6 Å². The van der Waals surface area contributed by atoms with Crippen molar-refractivity contribution < 1.29 is 14.1 Å². The lowest BCUT2D eigenvalue weighted by molar-refractivity contribution is 0.262.